The van der Waals surface area contributed by atoms with E-state index in [1.807, 2.05) is 0 Å². The number of hydrogen-bond acceptors (Lipinski definition) is 2. The normalized spacial score (nSPS) is 17.8. The molecule has 0 bridgehead atoms. The number of aliphatic hydroxyl groups is 1. The van der Waals surface area contributed by atoms with Gasteiger partial charge in [-0.1, -0.05) is 39.0 Å². The van der Waals surface area contributed by atoms with Gasteiger partial charge in [0, 0.05) is 18.7 Å². The second kappa shape index (κ2) is 9.36. The van der Waals surface area contributed by atoms with Crippen molar-refractivity contribution in [1.29, 1.82) is 0 Å². The van der Waals surface area contributed by atoms with Crippen LogP contribution in [0.2, 0.25) is 0 Å². The van der Waals surface area contributed by atoms with Gasteiger partial charge in [-0.05, 0) is 78.3 Å². The van der Waals surface area contributed by atoms with Gasteiger partial charge in [-0.25, -0.2) is 8.78 Å². The molecule has 0 fully saturated rings. The fourth-order valence-corrected chi connectivity index (χ4v) is 4.25. The highest BCUT2D eigenvalue weighted by Gasteiger charge is 2.22. The van der Waals surface area contributed by atoms with E-state index in [1.54, 1.807) is 0 Å². The molecule has 158 valence electrons. The lowest BCUT2D eigenvalue weighted by Crippen LogP contribution is -2.32. The SMILES string of the molecule is CC(C)(C)Cc1ccc2c(c1)[C@@H](NCC(O)CCc1cc(F)cc(F)c1)CCC2. The summed E-state index contributed by atoms with van der Waals surface area (Å²) in [4.78, 5) is 0. The smallest absolute Gasteiger partial charge is 0.126 e. The van der Waals surface area contributed by atoms with Gasteiger partial charge < -0.3 is 10.4 Å². The summed E-state index contributed by atoms with van der Waals surface area (Å²) in [6.07, 6.45) is 4.73. The minimum atomic E-state index is -0.572. The summed E-state index contributed by atoms with van der Waals surface area (Å²) in [5.41, 5.74) is 4.95. The van der Waals surface area contributed by atoms with Crippen LogP contribution in [0.4, 0.5) is 8.78 Å². The van der Waals surface area contributed by atoms with Crippen LogP contribution in [0.25, 0.3) is 0 Å². The van der Waals surface area contributed by atoms with Crippen LogP contribution >= 0.6 is 0 Å². The number of nitrogens with one attached hydrogen (secondary N) is 1. The van der Waals surface area contributed by atoms with E-state index >= 15 is 0 Å². The zero-order valence-corrected chi connectivity index (χ0v) is 17.8. The number of rotatable bonds is 7. The fraction of sp³-hybridized carbons (Fsp3) is 0.520. The lowest BCUT2D eigenvalue weighted by Gasteiger charge is -2.29. The van der Waals surface area contributed by atoms with Crippen molar-refractivity contribution in [1.82, 2.24) is 5.32 Å². The second-order valence-electron chi connectivity index (χ2n) is 9.59. The van der Waals surface area contributed by atoms with E-state index in [2.05, 4.69) is 44.3 Å². The zero-order valence-electron chi connectivity index (χ0n) is 17.8. The first-order chi connectivity index (χ1) is 13.7. The Morgan fingerprint density at radius 2 is 1.79 bits per heavy atom. The third-order valence-electron chi connectivity index (χ3n) is 5.55. The van der Waals surface area contributed by atoms with Crippen molar-refractivity contribution in [2.24, 2.45) is 5.41 Å². The van der Waals surface area contributed by atoms with Crippen molar-refractivity contribution in [3.63, 3.8) is 0 Å². The van der Waals surface area contributed by atoms with Gasteiger partial charge in [-0.2, -0.15) is 0 Å². The largest absolute Gasteiger partial charge is 0.392 e. The van der Waals surface area contributed by atoms with Gasteiger partial charge in [0.25, 0.3) is 0 Å². The van der Waals surface area contributed by atoms with E-state index in [0.29, 0.717) is 24.9 Å². The second-order valence-corrected chi connectivity index (χ2v) is 9.59. The minimum Gasteiger partial charge on any atom is -0.392 e. The van der Waals surface area contributed by atoms with Crippen LogP contribution in [0.5, 0.6) is 0 Å². The number of aliphatic hydroxyl groups excluding tert-OH is 1. The molecule has 0 aromatic heterocycles. The molecule has 0 spiro atoms. The molecule has 0 saturated carbocycles. The highest BCUT2D eigenvalue weighted by atomic mass is 19.1. The summed E-state index contributed by atoms with van der Waals surface area (Å²) in [6, 6.07) is 10.6. The highest BCUT2D eigenvalue weighted by Crippen LogP contribution is 2.32. The van der Waals surface area contributed by atoms with Gasteiger partial charge in [-0.15, -0.1) is 0 Å². The first kappa shape index (κ1) is 21.9. The molecule has 0 heterocycles. The lowest BCUT2D eigenvalue weighted by atomic mass is 9.82. The first-order valence-corrected chi connectivity index (χ1v) is 10.7. The number of aryl methyl sites for hydroxylation is 2. The standard InChI is InChI=1S/C25H33F2NO/c1-25(2,3)15-18-7-9-19-5-4-6-24(23(19)13-18)28-16-22(29)10-8-17-11-20(26)14-21(27)12-17/h7,9,11-14,22,24,28-29H,4-6,8,10,15-16H2,1-3H3/t22?,24-/m0/s1. The fourth-order valence-electron chi connectivity index (χ4n) is 4.25. The molecule has 2 nitrogen and oxygen atoms in total. The Balaban J connectivity index is 1.57. The molecule has 2 aromatic carbocycles. The molecule has 1 aliphatic carbocycles. The summed E-state index contributed by atoms with van der Waals surface area (Å²) < 4.78 is 26.6. The molecule has 0 saturated heterocycles. The zero-order chi connectivity index (χ0) is 21.0. The van der Waals surface area contributed by atoms with Crippen LogP contribution in [-0.2, 0) is 19.3 Å². The molecule has 0 aliphatic heterocycles. The van der Waals surface area contributed by atoms with E-state index in [0.717, 1.165) is 31.7 Å². The number of halogens is 2. The molecule has 1 aliphatic rings. The summed E-state index contributed by atoms with van der Waals surface area (Å²) in [6.45, 7) is 7.24. The molecule has 0 amide bonds. The van der Waals surface area contributed by atoms with Crippen molar-refractivity contribution in [2.75, 3.05) is 6.54 Å². The van der Waals surface area contributed by atoms with Crippen LogP contribution in [0.1, 0.15) is 68.3 Å². The maximum absolute atomic E-state index is 13.3. The number of hydrogen-bond donors (Lipinski definition) is 2. The monoisotopic (exact) mass is 401 g/mol. The molecule has 2 N–H and O–H groups in total. The van der Waals surface area contributed by atoms with E-state index < -0.39 is 17.7 Å². The maximum Gasteiger partial charge on any atom is 0.126 e. The Kier molecular flexibility index (Phi) is 7.07. The lowest BCUT2D eigenvalue weighted by molar-refractivity contribution is 0.156. The number of fused-ring (bicyclic) bond motifs is 1. The average molecular weight is 402 g/mol. The van der Waals surface area contributed by atoms with Crippen molar-refractivity contribution >= 4 is 0 Å². The highest BCUT2D eigenvalue weighted by molar-refractivity contribution is 5.36. The van der Waals surface area contributed by atoms with Crippen molar-refractivity contribution < 1.29 is 13.9 Å². The first-order valence-electron chi connectivity index (χ1n) is 10.7. The Labute approximate surface area is 173 Å². The van der Waals surface area contributed by atoms with E-state index in [-0.39, 0.29) is 11.5 Å². The minimum absolute atomic E-state index is 0.248. The molecule has 3 rings (SSSR count). The van der Waals surface area contributed by atoms with Crippen LogP contribution in [0, 0.1) is 17.0 Å². The molecule has 1 unspecified atom stereocenters. The molecule has 0 radical (unpaired) electrons. The Morgan fingerprint density at radius 1 is 1.07 bits per heavy atom. The van der Waals surface area contributed by atoms with E-state index in [1.165, 1.54) is 28.8 Å². The van der Waals surface area contributed by atoms with Crippen LogP contribution in [-0.4, -0.2) is 17.8 Å². The van der Waals surface area contributed by atoms with Gasteiger partial charge in [0.15, 0.2) is 0 Å². The van der Waals surface area contributed by atoms with E-state index in [9.17, 15) is 13.9 Å². The molecule has 2 atom stereocenters. The molecule has 4 heteroatoms. The van der Waals surface area contributed by atoms with Gasteiger partial charge in [0.1, 0.15) is 11.6 Å². The van der Waals surface area contributed by atoms with Gasteiger partial charge in [0.05, 0.1) is 6.10 Å². The summed E-state index contributed by atoms with van der Waals surface area (Å²) >= 11 is 0. The Bertz CT molecular complexity index is 808. The Morgan fingerprint density at radius 3 is 2.48 bits per heavy atom. The topological polar surface area (TPSA) is 32.3 Å². The summed E-state index contributed by atoms with van der Waals surface area (Å²) in [5, 5.41) is 13.9. The predicted molar refractivity (Wildman–Crippen MR) is 114 cm³/mol. The van der Waals surface area contributed by atoms with Crippen molar-refractivity contribution in [3.8, 4) is 0 Å². The summed E-state index contributed by atoms with van der Waals surface area (Å²) in [5.74, 6) is -1.14. The molecule has 2 aromatic rings. The number of benzene rings is 2. The van der Waals surface area contributed by atoms with Crippen molar-refractivity contribution in [3.05, 3.63) is 70.3 Å². The maximum atomic E-state index is 13.3. The molecular weight excluding hydrogens is 368 g/mol. The molecule has 29 heavy (non-hydrogen) atoms. The third kappa shape index (κ3) is 6.61. The predicted octanol–water partition coefficient (Wildman–Crippen LogP) is 5.51. The van der Waals surface area contributed by atoms with Gasteiger partial charge in [0.2, 0.25) is 0 Å². The quantitative estimate of drug-likeness (QED) is 0.641. The average Bonchev–Trinajstić information content (AvgIpc) is 2.62. The molecular formula is C25H33F2NO. The van der Waals surface area contributed by atoms with Gasteiger partial charge in [-0.3, -0.25) is 0 Å². The Hall–Kier alpha value is -1.78. The van der Waals surface area contributed by atoms with Gasteiger partial charge >= 0.3 is 0 Å². The summed E-state index contributed by atoms with van der Waals surface area (Å²) in [7, 11) is 0. The van der Waals surface area contributed by atoms with Crippen molar-refractivity contribution in [2.45, 2.75) is 71.4 Å². The van der Waals surface area contributed by atoms with E-state index in [4.69, 9.17) is 0 Å². The van der Waals surface area contributed by atoms with Crippen LogP contribution in [0.3, 0.4) is 0 Å². The van der Waals surface area contributed by atoms with Crippen LogP contribution in [0.15, 0.2) is 36.4 Å². The third-order valence-corrected chi connectivity index (χ3v) is 5.55. The van der Waals surface area contributed by atoms with Crippen LogP contribution < -0.4 is 5.32 Å².